The van der Waals surface area contributed by atoms with Crippen LogP contribution in [0.4, 0.5) is 16.3 Å². The number of hydrogen-bond acceptors (Lipinski definition) is 8. The van der Waals surface area contributed by atoms with Gasteiger partial charge in [-0.3, -0.25) is 9.69 Å². The first-order chi connectivity index (χ1) is 17.7. The van der Waals surface area contributed by atoms with Crippen LogP contribution in [0.3, 0.4) is 0 Å². The third-order valence-electron chi connectivity index (χ3n) is 6.02. The first-order valence-electron chi connectivity index (χ1n) is 12.1. The third-order valence-corrected chi connectivity index (χ3v) is 6.02. The molecule has 3 aromatic rings. The van der Waals surface area contributed by atoms with Crippen molar-refractivity contribution in [1.82, 2.24) is 14.9 Å². The molecule has 1 fully saturated rings. The first kappa shape index (κ1) is 24.4. The van der Waals surface area contributed by atoms with Crippen molar-refractivity contribution in [3.05, 3.63) is 60.4 Å². The fraction of sp³-hybridized carbons (Fsp3) is 0.333. The topological polar surface area (TPSA) is 129 Å². The average molecular weight is 504 g/mol. The number of para-hydroxylation sites is 2. The standard InChI is InChI=1S/C27H29N5O5/c1-27(2,3)37-26(34)32-14-19-12-17(32)15-35-22-10-5-4-9-20(22)31-25(33)23-24(28)29-13-21(30-23)16-7-6-8-18(11-16)36-19/h4-11,13,17,19H,12,14-15H2,1-3H3,(H2,28,29)(H,31,33)/t17-,19-/m0/s1. The van der Waals surface area contributed by atoms with Gasteiger partial charge in [-0.25, -0.2) is 14.8 Å². The zero-order chi connectivity index (χ0) is 26.2. The monoisotopic (exact) mass is 503 g/mol. The number of rotatable bonds is 0. The molecule has 1 saturated heterocycles. The zero-order valence-corrected chi connectivity index (χ0v) is 20.9. The summed E-state index contributed by atoms with van der Waals surface area (Å²) in [6, 6.07) is 14.1. The molecule has 10 nitrogen and oxygen atoms in total. The second-order valence-electron chi connectivity index (χ2n) is 10.0. The van der Waals surface area contributed by atoms with Crippen molar-refractivity contribution in [3.63, 3.8) is 0 Å². The summed E-state index contributed by atoms with van der Waals surface area (Å²) in [6.45, 7) is 6.02. The predicted molar refractivity (Wildman–Crippen MR) is 138 cm³/mol. The minimum atomic E-state index is -0.640. The van der Waals surface area contributed by atoms with Crippen LogP contribution in [0.15, 0.2) is 54.7 Å². The summed E-state index contributed by atoms with van der Waals surface area (Å²) in [6.07, 6.45) is 1.36. The molecule has 0 aliphatic carbocycles. The molecule has 2 atom stereocenters. The van der Waals surface area contributed by atoms with Gasteiger partial charge in [0, 0.05) is 12.0 Å². The van der Waals surface area contributed by atoms with E-state index < -0.39 is 17.6 Å². The van der Waals surface area contributed by atoms with E-state index in [0.29, 0.717) is 41.4 Å². The molecular weight excluding hydrogens is 474 g/mol. The van der Waals surface area contributed by atoms with E-state index in [-0.39, 0.29) is 30.3 Å². The number of amides is 2. The minimum Gasteiger partial charge on any atom is -0.489 e. The number of nitrogen functional groups attached to an aromatic ring is 1. The smallest absolute Gasteiger partial charge is 0.410 e. The molecule has 3 N–H and O–H groups in total. The largest absolute Gasteiger partial charge is 0.489 e. The summed E-state index contributed by atoms with van der Waals surface area (Å²) in [5, 5.41) is 2.83. The van der Waals surface area contributed by atoms with Gasteiger partial charge in [0.15, 0.2) is 11.5 Å². The van der Waals surface area contributed by atoms with Crippen LogP contribution in [0.2, 0.25) is 0 Å². The normalized spacial score (nSPS) is 19.2. The molecule has 2 aromatic carbocycles. The molecule has 192 valence electrons. The van der Waals surface area contributed by atoms with Crippen LogP contribution in [0.25, 0.3) is 11.3 Å². The summed E-state index contributed by atoms with van der Waals surface area (Å²) >= 11 is 0. The average Bonchev–Trinajstić information content (AvgIpc) is 3.25. The summed E-state index contributed by atoms with van der Waals surface area (Å²) in [7, 11) is 0. The number of anilines is 2. The molecule has 37 heavy (non-hydrogen) atoms. The second kappa shape index (κ2) is 9.61. The van der Waals surface area contributed by atoms with Crippen molar-refractivity contribution in [2.75, 3.05) is 24.2 Å². The van der Waals surface area contributed by atoms with E-state index in [0.717, 1.165) is 0 Å². The van der Waals surface area contributed by atoms with Crippen LogP contribution in [0.5, 0.6) is 11.5 Å². The Morgan fingerprint density at radius 1 is 1.19 bits per heavy atom. The Labute approximate surface area is 214 Å². The highest BCUT2D eigenvalue weighted by Gasteiger charge is 2.39. The molecule has 0 saturated carbocycles. The Kier molecular flexibility index (Phi) is 6.32. The molecule has 2 amide bonds. The number of benzene rings is 2. The fourth-order valence-electron chi connectivity index (χ4n) is 4.35. The maximum atomic E-state index is 13.1. The number of carbonyl (C=O) groups is 2. The van der Waals surface area contributed by atoms with Gasteiger partial charge < -0.3 is 25.3 Å². The Hall–Kier alpha value is -4.34. The number of nitrogens with one attached hydrogen (secondary N) is 1. The number of nitrogens with zero attached hydrogens (tertiary/aromatic N) is 3. The van der Waals surface area contributed by atoms with Gasteiger partial charge in [0.25, 0.3) is 5.91 Å². The molecule has 6 bridgehead atoms. The van der Waals surface area contributed by atoms with Gasteiger partial charge in [-0.1, -0.05) is 24.3 Å². The number of hydrogen-bond donors (Lipinski definition) is 2. The van der Waals surface area contributed by atoms with Gasteiger partial charge in [0.05, 0.1) is 30.2 Å². The molecule has 0 spiro atoms. The number of likely N-dealkylation sites (tertiary alicyclic amines) is 1. The van der Waals surface area contributed by atoms with E-state index in [1.807, 2.05) is 45.0 Å². The fourth-order valence-corrected chi connectivity index (χ4v) is 4.35. The molecule has 1 aromatic heterocycles. The molecule has 5 rings (SSSR count). The lowest BCUT2D eigenvalue weighted by atomic mass is 10.1. The Morgan fingerprint density at radius 2 is 2.00 bits per heavy atom. The van der Waals surface area contributed by atoms with Gasteiger partial charge in [-0.2, -0.15) is 0 Å². The van der Waals surface area contributed by atoms with Gasteiger partial charge in [0.1, 0.15) is 29.8 Å². The van der Waals surface area contributed by atoms with Crippen molar-refractivity contribution in [2.45, 2.75) is 44.9 Å². The molecule has 2 aliphatic heterocycles. The lowest BCUT2D eigenvalue weighted by Crippen LogP contribution is -2.42. The Balaban J connectivity index is 1.54. The Morgan fingerprint density at radius 3 is 2.81 bits per heavy atom. The highest BCUT2D eigenvalue weighted by molar-refractivity contribution is 6.06. The maximum absolute atomic E-state index is 13.1. The summed E-state index contributed by atoms with van der Waals surface area (Å²) in [5.74, 6) is 0.553. The lowest BCUT2D eigenvalue weighted by Gasteiger charge is -2.28. The van der Waals surface area contributed by atoms with Crippen LogP contribution in [0, 0.1) is 0 Å². The van der Waals surface area contributed by atoms with Crippen LogP contribution in [0.1, 0.15) is 37.7 Å². The molecule has 3 heterocycles. The highest BCUT2D eigenvalue weighted by Crippen LogP contribution is 2.31. The number of nitrogens with two attached hydrogens (primary N) is 1. The SMILES string of the molecule is CC(C)(C)OC(=O)N1C[C@@H]2C[C@H]1COc1ccccc1NC(=O)c1nc(cnc1N)-c1cccc(c1)O2. The van der Waals surface area contributed by atoms with E-state index in [9.17, 15) is 9.59 Å². The van der Waals surface area contributed by atoms with Gasteiger partial charge in [0.2, 0.25) is 0 Å². The maximum Gasteiger partial charge on any atom is 0.410 e. The number of ether oxygens (including phenoxy) is 3. The van der Waals surface area contributed by atoms with Crippen LogP contribution in [-0.4, -0.2) is 57.8 Å². The molecule has 0 unspecified atom stereocenters. The third kappa shape index (κ3) is 5.42. The van der Waals surface area contributed by atoms with Crippen molar-refractivity contribution in [2.24, 2.45) is 0 Å². The predicted octanol–water partition coefficient (Wildman–Crippen LogP) is 4.13. The van der Waals surface area contributed by atoms with E-state index in [2.05, 4.69) is 15.3 Å². The van der Waals surface area contributed by atoms with Crippen molar-refractivity contribution in [1.29, 1.82) is 0 Å². The van der Waals surface area contributed by atoms with Crippen molar-refractivity contribution >= 4 is 23.5 Å². The summed E-state index contributed by atoms with van der Waals surface area (Å²) in [5.41, 5.74) is 7.00. The number of carbonyl (C=O) groups excluding carboxylic acids is 2. The van der Waals surface area contributed by atoms with Gasteiger partial charge >= 0.3 is 6.09 Å². The quantitative estimate of drug-likeness (QED) is 0.469. The van der Waals surface area contributed by atoms with E-state index >= 15 is 0 Å². The molecule has 0 radical (unpaired) electrons. The molecular formula is C27H29N5O5. The van der Waals surface area contributed by atoms with Gasteiger partial charge in [-0.15, -0.1) is 0 Å². The number of aromatic nitrogens is 2. The minimum absolute atomic E-state index is 0.00175. The molecule has 10 heteroatoms. The summed E-state index contributed by atoms with van der Waals surface area (Å²) in [4.78, 5) is 36.5. The highest BCUT2D eigenvalue weighted by atomic mass is 16.6. The van der Waals surface area contributed by atoms with Crippen molar-refractivity contribution < 1.29 is 23.8 Å². The van der Waals surface area contributed by atoms with E-state index in [1.54, 1.807) is 29.2 Å². The van der Waals surface area contributed by atoms with Crippen molar-refractivity contribution in [3.8, 4) is 22.8 Å². The van der Waals surface area contributed by atoms with Gasteiger partial charge in [-0.05, 0) is 45.0 Å². The lowest BCUT2D eigenvalue weighted by molar-refractivity contribution is 0.0176. The number of fused-ring (bicyclic) bond motifs is 8. The van der Waals surface area contributed by atoms with Crippen LogP contribution < -0.4 is 20.5 Å². The second-order valence-corrected chi connectivity index (χ2v) is 10.0. The van der Waals surface area contributed by atoms with Crippen LogP contribution >= 0.6 is 0 Å². The first-order valence-corrected chi connectivity index (χ1v) is 12.1. The zero-order valence-electron chi connectivity index (χ0n) is 20.9. The van der Waals surface area contributed by atoms with E-state index in [4.69, 9.17) is 19.9 Å². The summed E-state index contributed by atoms with van der Waals surface area (Å²) < 4.78 is 18.1. The van der Waals surface area contributed by atoms with Crippen LogP contribution in [-0.2, 0) is 4.74 Å². The Bertz CT molecular complexity index is 1340. The van der Waals surface area contributed by atoms with E-state index in [1.165, 1.54) is 6.20 Å². The molecule has 2 aliphatic rings.